The lowest BCUT2D eigenvalue weighted by molar-refractivity contribution is -0.274. The first-order valence-electron chi connectivity index (χ1n) is 12.6. The van der Waals surface area contributed by atoms with Crippen molar-refractivity contribution in [2.45, 2.75) is 19.2 Å². The molecule has 8 nitrogen and oxygen atoms in total. The maximum Gasteiger partial charge on any atom is 0.573 e. The van der Waals surface area contributed by atoms with Crippen LogP contribution in [0.3, 0.4) is 0 Å². The second-order valence-corrected chi connectivity index (χ2v) is 9.80. The van der Waals surface area contributed by atoms with E-state index >= 15 is 0 Å². The molecule has 0 saturated heterocycles. The summed E-state index contributed by atoms with van der Waals surface area (Å²) in [5, 5.41) is 8.90. The van der Waals surface area contributed by atoms with Gasteiger partial charge in [0.25, 0.3) is 5.56 Å². The first kappa shape index (κ1) is 28.6. The molecule has 0 aliphatic rings. The number of alkyl halides is 3. The lowest BCUT2D eigenvalue weighted by Crippen LogP contribution is -2.26. The molecule has 2 aromatic heterocycles. The minimum atomic E-state index is -4.90. The van der Waals surface area contributed by atoms with E-state index in [-0.39, 0.29) is 33.8 Å². The molecule has 5 aromatic rings. The first-order valence-corrected chi connectivity index (χ1v) is 13.5. The van der Waals surface area contributed by atoms with Crippen LogP contribution in [-0.4, -0.2) is 34.6 Å². The van der Waals surface area contributed by atoms with Crippen molar-refractivity contribution in [3.63, 3.8) is 0 Å². The van der Waals surface area contributed by atoms with Crippen molar-refractivity contribution in [3.05, 3.63) is 117 Å². The molecule has 0 saturated carbocycles. The monoisotopic (exact) mass is 593 g/mol. The van der Waals surface area contributed by atoms with Gasteiger partial charge in [0, 0.05) is 10.8 Å². The number of thiophene rings is 1. The number of aromatic nitrogens is 2. The third-order valence-electron chi connectivity index (χ3n) is 6.20. The lowest BCUT2D eigenvalue weighted by Gasteiger charge is -2.17. The minimum absolute atomic E-state index is 0.00175. The van der Waals surface area contributed by atoms with E-state index in [1.165, 1.54) is 17.5 Å². The number of nitrogens with one attached hydrogen (secondary N) is 1. The Morgan fingerprint density at radius 2 is 1.55 bits per heavy atom. The molecule has 0 aliphatic carbocycles. The van der Waals surface area contributed by atoms with Gasteiger partial charge in [0.05, 0.1) is 23.6 Å². The fraction of sp³-hybridized carbons (Fsp3) is 0.133. The van der Waals surface area contributed by atoms with Gasteiger partial charge in [0.2, 0.25) is 5.91 Å². The van der Waals surface area contributed by atoms with Gasteiger partial charge in [-0.2, -0.15) is 9.78 Å². The summed E-state index contributed by atoms with van der Waals surface area (Å²) in [6, 6.07) is 22.7. The topological polar surface area (TPSA) is 99.5 Å². The van der Waals surface area contributed by atoms with Gasteiger partial charge in [-0.3, -0.25) is 9.59 Å². The number of carbonyl (C=O) groups excluding carboxylic acids is 2. The van der Waals surface area contributed by atoms with E-state index in [1.807, 2.05) is 60.7 Å². The van der Waals surface area contributed by atoms with Crippen molar-refractivity contribution in [2.24, 2.45) is 0 Å². The molecule has 0 bridgehead atoms. The van der Waals surface area contributed by atoms with Gasteiger partial charge in [-0.05, 0) is 42.3 Å². The summed E-state index contributed by atoms with van der Waals surface area (Å²) in [5.41, 5.74) is 0.637. The highest BCUT2D eigenvalue weighted by atomic mass is 32.1. The highest BCUT2D eigenvalue weighted by Crippen LogP contribution is 2.33. The number of anilines is 1. The number of nitrogens with zero attached hydrogens (tertiary/aromatic N) is 2. The van der Waals surface area contributed by atoms with Gasteiger partial charge >= 0.3 is 12.3 Å². The van der Waals surface area contributed by atoms with E-state index in [4.69, 9.17) is 4.74 Å². The van der Waals surface area contributed by atoms with E-state index in [1.54, 1.807) is 6.92 Å². The number of carbonyl (C=O) groups is 2. The molecule has 1 N–H and O–H groups in total. The summed E-state index contributed by atoms with van der Waals surface area (Å²) in [7, 11) is 0. The number of esters is 1. The van der Waals surface area contributed by atoms with Crippen LogP contribution in [0.4, 0.5) is 18.2 Å². The van der Waals surface area contributed by atoms with Gasteiger partial charge in [-0.25, -0.2) is 4.79 Å². The normalized spacial score (nSPS) is 11.5. The molecular formula is C30H22F3N3O5S. The molecule has 12 heteroatoms. The standard InChI is InChI=1S/C30H22F3N3O5S/c1-2-40-29(39)25-22-17-42-27(34-26(37)23(18-9-5-3-6-10-18)19-11-7-4-8-12-19)24(22)28(38)36(35-25)20-13-15-21(16-14-20)41-30(31,32)33/h3-17,23H,2H2,1H3,(H,34,37). The molecule has 2 heterocycles. The Labute approximate surface area is 240 Å². The predicted molar refractivity (Wildman–Crippen MR) is 151 cm³/mol. The van der Waals surface area contributed by atoms with Crippen LogP contribution in [-0.2, 0) is 9.53 Å². The van der Waals surface area contributed by atoms with Crippen LogP contribution in [0.2, 0.25) is 0 Å². The molecule has 0 fully saturated rings. The third-order valence-corrected chi connectivity index (χ3v) is 7.10. The summed E-state index contributed by atoms with van der Waals surface area (Å²) < 4.78 is 47.8. The highest BCUT2D eigenvalue weighted by Gasteiger charge is 2.31. The predicted octanol–water partition coefficient (Wildman–Crippen LogP) is 6.29. The smallest absolute Gasteiger partial charge is 0.461 e. The number of halogens is 3. The average molecular weight is 594 g/mol. The minimum Gasteiger partial charge on any atom is -0.461 e. The van der Waals surface area contributed by atoms with Crippen molar-refractivity contribution in [3.8, 4) is 11.4 Å². The van der Waals surface area contributed by atoms with Crippen LogP contribution >= 0.6 is 11.3 Å². The van der Waals surface area contributed by atoms with Crippen LogP contribution in [0, 0.1) is 0 Å². The van der Waals surface area contributed by atoms with Crippen molar-refractivity contribution in [1.29, 1.82) is 0 Å². The zero-order valence-corrected chi connectivity index (χ0v) is 22.7. The summed E-state index contributed by atoms with van der Waals surface area (Å²) in [4.78, 5) is 40.4. The second kappa shape index (κ2) is 11.9. The van der Waals surface area contributed by atoms with Gasteiger partial charge < -0.3 is 14.8 Å². The number of fused-ring (bicyclic) bond motifs is 1. The Balaban J connectivity index is 1.60. The molecule has 0 spiro atoms. The van der Waals surface area contributed by atoms with E-state index in [2.05, 4.69) is 15.2 Å². The fourth-order valence-corrected chi connectivity index (χ4v) is 5.37. The maximum atomic E-state index is 13.8. The van der Waals surface area contributed by atoms with Crippen molar-refractivity contribution >= 4 is 39.0 Å². The maximum absolute atomic E-state index is 13.8. The number of benzene rings is 3. The number of hydrogen-bond acceptors (Lipinski definition) is 7. The van der Waals surface area contributed by atoms with Crippen LogP contribution in [0.25, 0.3) is 16.5 Å². The van der Waals surface area contributed by atoms with Crippen LogP contribution in [0.1, 0.15) is 34.5 Å². The van der Waals surface area contributed by atoms with Crippen LogP contribution in [0.5, 0.6) is 5.75 Å². The van der Waals surface area contributed by atoms with E-state index < -0.39 is 35.5 Å². The van der Waals surface area contributed by atoms with E-state index in [0.717, 1.165) is 39.3 Å². The summed E-state index contributed by atoms with van der Waals surface area (Å²) >= 11 is 1.04. The molecular weight excluding hydrogens is 571 g/mol. The Morgan fingerprint density at radius 3 is 2.10 bits per heavy atom. The largest absolute Gasteiger partial charge is 0.573 e. The van der Waals surface area contributed by atoms with Gasteiger partial charge in [0.15, 0.2) is 5.69 Å². The SMILES string of the molecule is CCOC(=O)c1nn(-c2ccc(OC(F)(F)F)cc2)c(=O)c2c(NC(=O)C(c3ccccc3)c3ccccc3)scc12. The first-order chi connectivity index (χ1) is 20.2. The van der Waals surface area contributed by atoms with Crippen molar-refractivity contribution in [2.75, 3.05) is 11.9 Å². The number of ether oxygens (including phenoxy) is 2. The molecule has 0 atom stereocenters. The summed E-state index contributed by atoms with van der Waals surface area (Å²) in [6.45, 7) is 1.64. The fourth-order valence-electron chi connectivity index (χ4n) is 4.43. The Bertz CT molecular complexity index is 1750. The second-order valence-electron chi connectivity index (χ2n) is 8.92. The zero-order chi connectivity index (χ0) is 29.9. The van der Waals surface area contributed by atoms with Crippen LogP contribution in [0.15, 0.2) is 95.1 Å². The summed E-state index contributed by atoms with van der Waals surface area (Å²) in [5.74, 6) is -2.43. The Hall–Kier alpha value is -4.97. The molecule has 0 unspecified atom stereocenters. The molecule has 1 amide bonds. The zero-order valence-electron chi connectivity index (χ0n) is 21.9. The molecule has 42 heavy (non-hydrogen) atoms. The third kappa shape index (κ3) is 6.03. The van der Waals surface area contributed by atoms with E-state index in [9.17, 15) is 27.6 Å². The van der Waals surface area contributed by atoms with E-state index in [0.29, 0.717) is 0 Å². The van der Waals surface area contributed by atoms with Gasteiger partial charge in [-0.1, -0.05) is 60.7 Å². The van der Waals surface area contributed by atoms with Crippen LogP contribution < -0.4 is 15.6 Å². The molecule has 0 aliphatic heterocycles. The highest BCUT2D eigenvalue weighted by molar-refractivity contribution is 7.16. The van der Waals surface area contributed by atoms with Gasteiger partial charge in [-0.15, -0.1) is 24.5 Å². The molecule has 214 valence electrons. The Kier molecular flexibility index (Phi) is 8.07. The Morgan fingerprint density at radius 1 is 0.952 bits per heavy atom. The summed E-state index contributed by atoms with van der Waals surface area (Å²) in [6.07, 6.45) is -4.90. The molecule has 0 radical (unpaired) electrons. The lowest BCUT2D eigenvalue weighted by atomic mass is 9.90. The molecule has 3 aromatic carbocycles. The number of rotatable bonds is 8. The molecule has 5 rings (SSSR count). The quantitative estimate of drug-likeness (QED) is 0.212. The van der Waals surface area contributed by atoms with Gasteiger partial charge in [0.1, 0.15) is 10.8 Å². The van der Waals surface area contributed by atoms with Crippen molar-refractivity contribution in [1.82, 2.24) is 9.78 Å². The number of hydrogen-bond donors (Lipinski definition) is 1. The average Bonchev–Trinajstić information content (AvgIpc) is 3.38. The number of amides is 1. The van der Waals surface area contributed by atoms with Crippen molar-refractivity contribution < 1.29 is 32.2 Å².